The monoisotopic (exact) mass is 290 g/mol. The van der Waals surface area contributed by atoms with Gasteiger partial charge in [0.25, 0.3) is 0 Å². The third kappa shape index (κ3) is 1.89. The van der Waals surface area contributed by atoms with Gasteiger partial charge in [-0.15, -0.1) is 10.2 Å². The van der Waals surface area contributed by atoms with Crippen molar-refractivity contribution in [1.82, 2.24) is 10.2 Å². The summed E-state index contributed by atoms with van der Waals surface area (Å²) in [6.45, 7) is 0. The number of hydrogen-bond acceptors (Lipinski definition) is 4. The van der Waals surface area contributed by atoms with Gasteiger partial charge in [0.1, 0.15) is 10.8 Å². The number of rotatable bonds is 1. The Morgan fingerprint density at radius 3 is 2.71 bits per heavy atom. The number of aromatic hydroxyl groups is 1. The van der Waals surface area contributed by atoms with Crippen LogP contribution in [-0.2, 0) is 0 Å². The number of phenolic OH excluding ortho intramolecular Hbond substituents is 1. The van der Waals surface area contributed by atoms with Crippen molar-refractivity contribution in [2.75, 3.05) is 0 Å². The Balaban J connectivity index is 2.47. The quantitative estimate of drug-likeness (QED) is 0.876. The molecular formula is C8H4BrClN2OS. The number of hydrogen-bond donors (Lipinski definition) is 1. The first-order chi connectivity index (χ1) is 6.66. The smallest absolute Gasteiger partial charge is 0.183 e. The maximum Gasteiger partial charge on any atom is 0.183 e. The fourth-order valence-corrected chi connectivity index (χ4v) is 2.25. The van der Waals surface area contributed by atoms with Crippen molar-refractivity contribution in [3.05, 3.63) is 27.1 Å². The Hall–Kier alpha value is -0.650. The topological polar surface area (TPSA) is 46.0 Å². The van der Waals surface area contributed by atoms with Crippen molar-refractivity contribution < 1.29 is 5.11 Å². The van der Waals surface area contributed by atoms with Gasteiger partial charge in [-0.2, -0.15) is 0 Å². The zero-order chi connectivity index (χ0) is 10.1. The standard InChI is InChI=1S/C8H4BrClN2OS/c9-8-12-11-7(14-8)4-1-2-6(13)5(10)3-4/h1-3,13H. The summed E-state index contributed by atoms with van der Waals surface area (Å²) in [6, 6.07) is 4.94. The molecule has 0 unspecified atom stereocenters. The largest absolute Gasteiger partial charge is 0.506 e. The Labute approximate surface area is 97.5 Å². The van der Waals surface area contributed by atoms with Crippen LogP contribution in [0.5, 0.6) is 5.75 Å². The van der Waals surface area contributed by atoms with E-state index < -0.39 is 0 Å². The van der Waals surface area contributed by atoms with Crippen LogP contribution < -0.4 is 0 Å². The fourth-order valence-electron chi connectivity index (χ4n) is 0.962. The third-order valence-electron chi connectivity index (χ3n) is 1.59. The molecule has 0 aliphatic rings. The summed E-state index contributed by atoms with van der Waals surface area (Å²) in [5.41, 5.74) is 0.844. The van der Waals surface area contributed by atoms with Gasteiger partial charge in [-0.25, -0.2) is 0 Å². The molecule has 14 heavy (non-hydrogen) atoms. The zero-order valence-corrected chi connectivity index (χ0v) is 9.90. The van der Waals surface area contributed by atoms with Crippen molar-refractivity contribution in [3.63, 3.8) is 0 Å². The Bertz CT molecular complexity index is 474. The Kier molecular flexibility index (Phi) is 2.71. The van der Waals surface area contributed by atoms with Gasteiger partial charge in [-0.3, -0.25) is 0 Å². The van der Waals surface area contributed by atoms with Crippen LogP contribution in [0.15, 0.2) is 22.1 Å². The summed E-state index contributed by atoms with van der Waals surface area (Å²) in [7, 11) is 0. The minimum absolute atomic E-state index is 0.0685. The van der Waals surface area contributed by atoms with Crippen molar-refractivity contribution in [3.8, 4) is 16.3 Å². The average molecular weight is 292 g/mol. The molecule has 0 amide bonds. The van der Waals surface area contributed by atoms with E-state index in [0.717, 1.165) is 14.5 Å². The molecule has 1 N–H and O–H groups in total. The summed E-state index contributed by atoms with van der Waals surface area (Å²) >= 11 is 10.4. The lowest BCUT2D eigenvalue weighted by molar-refractivity contribution is 0.475. The van der Waals surface area contributed by atoms with E-state index in [2.05, 4.69) is 26.1 Å². The lowest BCUT2D eigenvalue weighted by Crippen LogP contribution is -1.77. The summed E-state index contributed by atoms with van der Waals surface area (Å²) < 4.78 is 0.719. The van der Waals surface area contributed by atoms with Gasteiger partial charge in [-0.1, -0.05) is 22.9 Å². The van der Waals surface area contributed by atoms with Crippen LogP contribution in [0, 0.1) is 0 Å². The number of benzene rings is 1. The molecular weight excluding hydrogens is 288 g/mol. The molecule has 0 saturated heterocycles. The van der Waals surface area contributed by atoms with Gasteiger partial charge in [0, 0.05) is 5.56 Å². The molecule has 0 saturated carbocycles. The predicted octanol–water partition coefficient (Wildman–Crippen LogP) is 3.33. The molecule has 0 bridgehead atoms. The van der Waals surface area contributed by atoms with E-state index in [4.69, 9.17) is 11.6 Å². The molecule has 0 radical (unpaired) electrons. The molecule has 3 nitrogen and oxygen atoms in total. The maximum absolute atomic E-state index is 9.22. The second kappa shape index (κ2) is 3.84. The third-order valence-corrected chi connectivity index (χ3v) is 3.30. The highest BCUT2D eigenvalue weighted by Gasteiger charge is 2.06. The number of halogens is 2. The van der Waals surface area contributed by atoms with Crippen LogP contribution in [0.4, 0.5) is 0 Å². The lowest BCUT2D eigenvalue weighted by atomic mass is 10.2. The van der Waals surface area contributed by atoms with Gasteiger partial charge in [0.05, 0.1) is 5.02 Å². The van der Waals surface area contributed by atoms with Crippen molar-refractivity contribution >= 4 is 38.9 Å². The molecule has 0 aliphatic carbocycles. The Morgan fingerprint density at radius 2 is 2.14 bits per heavy atom. The van der Waals surface area contributed by atoms with E-state index in [0.29, 0.717) is 5.02 Å². The number of aromatic nitrogens is 2. The molecule has 0 fully saturated rings. The van der Waals surface area contributed by atoms with Crippen LogP contribution in [0.3, 0.4) is 0 Å². The van der Waals surface area contributed by atoms with Gasteiger partial charge >= 0.3 is 0 Å². The molecule has 2 rings (SSSR count). The molecule has 1 heterocycles. The van der Waals surface area contributed by atoms with Crippen LogP contribution >= 0.6 is 38.9 Å². The van der Waals surface area contributed by atoms with Crippen molar-refractivity contribution in [2.45, 2.75) is 0 Å². The molecule has 0 atom stereocenters. The van der Waals surface area contributed by atoms with E-state index in [1.54, 1.807) is 12.1 Å². The van der Waals surface area contributed by atoms with Crippen LogP contribution in [-0.4, -0.2) is 15.3 Å². The van der Waals surface area contributed by atoms with E-state index in [-0.39, 0.29) is 5.75 Å². The van der Waals surface area contributed by atoms with Crippen LogP contribution in [0.2, 0.25) is 5.02 Å². The highest BCUT2D eigenvalue weighted by atomic mass is 79.9. The Morgan fingerprint density at radius 1 is 1.36 bits per heavy atom. The second-order valence-electron chi connectivity index (χ2n) is 2.53. The maximum atomic E-state index is 9.22. The first-order valence-corrected chi connectivity index (χ1v) is 5.63. The zero-order valence-electron chi connectivity index (χ0n) is 6.74. The normalized spacial score (nSPS) is 10.4. The molecule has 72 valence electrons. The molecule has 0 aliphatic heterocycles. The van der Waals surface area contributed by atoms with Crippen LogP contribution in [0.25, 0.3) is 10.6 Å². The summed E-state index contributed by atoms with van der Waals surface area (Å²) in [4.78, 5) is 0. The van der Waals surface area contributed by atoms with E-state index in [9.17, 15) is 5.11 Å². The molecule has 1 aromatic carbocycles. The summed E-state index contributed by atoms with van der Waals surface area (Å²) in [6.07, 6.45) is 0. The lowest BCUT2D eigenvalue weighted by Gasteiger charge is -1.98. The van der Waals surface area contributed by atoms with Gasteiger partial charge in [0.15, 0.2) is 3.92 Å². The highest BCUT2D eigenvalue weighted by molar-refractivity contribution is 9.11. The minimum atomic E-state index is 0.0685. The average Bonchev–Trinajstić information content (AvgIpc) is 2.57. The first-order valence-electron chi connectivity index (χ1n) is 3.65. The molecule has 2 aromatic rings. The van der Waals surface area contributed by atoms with E-state index in [1.807, 2.05) is 0 Å². The SMILES string of the molecule is Oc1ccc(-c2nnc(Br)s2)cc1Cl. The molecule has 0 spiro atoms. The van der Waals surface area contributed by atoms with Gasteiger partial charge in [-0.05, 0) is 34.1 Å². The van der Waals surface area contributed by atoms with Gasteiger partial charge < -0.3 is 5.11 Å². The first kappa shape index (κ1) is 9.89. The molecule has 6 heteroatoms. The predicted molar refractivity (Wildman–Crippen MR) is 59.7 cm³/mol. The molecule has 1 aromatic heterocycles. The van der Waals surface area contributed by atoms with Crippen molar-refractivity contribution in [1.29, 1.82) is 0 Å². The summed E-state index contributed by atoms with van der Waals surface area (Å²) in [5.74, 6) is 0.0685. The highest BCUT2D eigenvalue weighted by Crippen LogP contribution is 2.31. The van der Waals surface area contributed by atoms with E-state index >= 15 is 0 Å². The second-order valence-corrected chi connectivity index (χ2v) is 5.19. The minimum Gasteiger partial charge on any atom is -0.506 e. The number of phenols is 1. The fraction of sp³-hybridized carbons (Fsp3) is 0. The number of nitrogens with zero attached hydrogens (tertiary/aromatic N) is 2. The summed E-state index contributed by atoms with van der Waals surface area (Å²) in [5, 5.41) is 18.1. The van der Waals surface area contributed by atoms with E-state index in [1.165, 1.54) is 17.4 Å². The van der Waals surface area contributed by atoms with Crippen molar-refractivity contribution in [2.24, 2.45) is 0 Å². The van der Waals surface area contributed by atoms with Gasteiger partial charge in [0.2, 0.25) is 0 Å². The van der Waals surface area contributed by atoms with Crippen LogP contribution in [0.1, 0.15) is 0 Å².